The summed E-state index contributed by atoms with van der Waals surface area (Å²) >= 11 is 0. The third-order valence-electron chi connectivity index (χ3n) is 13.1. The number of methoxy groups -OCH3 is 1. The van der Waals surface area contributed by atoms with Crippen molar-refractivity contribution >= 4 is 17.5 Å². The van der Waals surface area contributed by atoms with Gasteiger partial charge in [-0.2, -0.15) is 5.06 Å². The normalized spacial score (nSPS) is 26.0. The molecule has 12 heteroatoms. The average molecular weight is 796 g/mol. The number of hydrogen-bond acceptors (Lipinski definition) is 10. The third-order valence-corrected chi connectivity index (χ3v) is 13.1. The first-order valence-corrected chi connectivity index (χ1v) is 21.0. The first kappa shape index (κ1) is 46.4. The molecule has 1 aliphatic carbocycles. The van der Waals surface area contributed by atoms with E-state index in [1.54, 1.807) is 19.1 Å². The van der Waals surface area contributed by atoms with Crippen LogP contribution in [0.15, 0.2) is 36.4 Å². The number of anilines is 1. The maximum atomic E-state index is 14.4. The molecule has 2 aromatic rings. The van der Waals surface area contributed by atoms with Crippen LogP contribution in [0, 0.1) is 35.0 Å². The molecule has 2 aliphatic rings. The van der Waals surface area contributed by atoms with Gasteiger partial charge < -0.3 is 40.5 Å². The lowest BCUT2D eigenvalue weighted by molar-refractivity contribution is -0.182. The summed E-state index contributed by atoms with van der Waals surface area (Å²) < 4.78 is 6.13. The zero-order chi connectivity index (χ0) is 42.4. The van der Waals surface area contributed by atoms with E-state index < -0.39 is 24.2 Å². The van der Waals surface area contributed by atoms with Crippen LogP contribution in [0.1, 0.15) is 90.6 Å². The minimum absolute atomic E-state index is 0.0385. The van der Waals surface area contributed by atoms with Crippen molar-refractivity contribution in [2.24, 2.45) is 35.0 Å². The van der Waals surface area contributed by atoms with Crippen molar-refractivity contribution < 1.29 is 34.5 Å². The van der Waals surface area contributed by atoms with Gasteiger partial charge in [0.25, 0.3) is 5.91 Å². The van der Waals surface area contributed by atoms with E-state index in [9.17, 15) is 24.9 Å². The Morgan fingerprint density at radius 3 is 2.37 bits per heavy atom. The minimum atomic E-state index is -0.926. The van der Waals surface area contributed by atoms with E-state index in [0.29, 0.717) is 48.6 Å². The number of nitrogens with one attached hydrogen (secondary N) is 2. The van der Waals surface area contributed by atoms with Crippen LogP contribution in [0.3, 0.4) is 0 Å². The Morgan fingerprint density at radius 2 is 1.77 bits per heavy atom. The Hall–Kier alpha value is -3.26. The number of aliphatic hydroxyl groups is 3. The number of rotatable bonds is 18. The number of hydroxylamine groups is 2. The number of ether oxygens (including phenoxy) is 1. The van der Waals surface area contributed by atoms with Gasteiger partial charge in [-0.1, -0.05) is 66.7 Å². The van der Waals surface area contributed by atoms with Crippen molar-refractivity contribution in [3.63, 3.8) is 0 Å². The molecule has 0 bridgehead atoms. The number of aliphatic hydroxyl groups excluding tert-OH is 3. The largest absolute Gasteiger partial charge is 0.496 e. The van der Waals surface area contributed by atoms with Crippen LogP contribution in [-0.2, 0) is 16.2 Å². The number of benzene rings is 2. The number of amides is 2. The minimum Gasteiger partial charge on any atom is -0.496 e. The molecule has 1 saturated heterocycles. The number of likely N-dealkylation sites (N-methyl/N-ethyl adjacent to an activating group) is 1. The highest BCUT2D eigenvalue weighted by atomic mass is 16.7. The van der Waals surface area contributed by atoms with E-state index in [4.69, 9.17) is 9.57 Å². The zero-order valence-electron chi connectivity index (χ0n) is 36.7. The van der Waals surface area contributed by atoms with Gasteiger partial charge in [0.05, 0.1) is 26.4 Å². The molecule has 2 aromatic carbocycles. The van der Waals surface area contributed by atoms with Crippen molar-refractivity contribution in [2.45, 2.75) is 112 Å². The highest BCUT2D eigenvalue weighted by Gasteiger charge is 2.51. The third kappa shape index (κ3) is 11.1. The van der Waals surface area contributed by atoms with E-state index in [0.717, 1.165) is 35.2 Å². The molecule has 2 amide bonds. The second-order valence-electron chi connectivity index (χ2n) is 18.2. The fourth-order valence-electron chi connectivity index (χ4n) is 9.07. The number of para-hydroxylation sites is 1. The van der Waals surface area contributed by atoms with Crippen molar-refractivity contribution in [1.29, 1.82) is 0 Å². The second kappa shape index (κ2) is 20.1. The van der Waals surface area contributed by atoms with Crippen LogP contribution < -0.4 is 20.3 Å². The molecular formula is C45H73N5O7. The van der Waals surface area contributed by atoms with Gasteiger partial charge in [-0.3, -0.25) is 14.4 Å². The van der Waals surface area contributed by atoms with E-state index in [1.807, 2.05) is 62.4 Å². The van der Waals surface area contributed by atoms with E-state index in [2.05, 4.69) is 64.0 Å². The predicted molar refractivity (Wildman–Crippen MR) is 227 cm³/mol. The highest BCUT2D eigenvalue weighted by molar-refractivity contribution is 5.97. The Labute approximate surface area is 342 Å². The maximum absolute atomic E-state index is 14.4. The quantitative estimate of drug-likeness (QED) is 0.137. The smallest absolute Gasteiger partial charge is 0.251 e. The lowest BCUT2D eigenvalue weighted by Gasteiger charge is -2.50. The molecule has 9 atom stereocenters. The predicted octanol–water partition coefficient (Wildman–Crippen LogP) is 5.18. The summed E-state index contributed by atoms with van der Waals surface area (Å²) in [6.45, 7) is 18.4. The van der Waals surface area contributed by atoms with E-state index in [-0.39, 0.29) is 55.0 Å². The average Bonchev–Trinajstić information content (AvgIpc) is 3.53. The lowest BCUT2D eigenvalue weighted by atomic mass is 9.58. The van der Waals surface area contributed by atoms with E-state index >= 15 is 0 Å². The maximum Gasteiger partial charge on any atom is 0.251 e. The Morgan fingerprint density at radius 1 is 1.07 bits per heavy atom. The molecule has 2 fully saturated rings. The first-order valence-electron chi connectivity index (χ1n) is 21.0. The Bertz CT molecular complexity index is 1620. The molecule has 57 heavy (non-hydrogen) atoms. The summed E-state index contributed by atoms with van der Waals surface area (Å²) in [5.41, 5.74) is 3.72. The van der Waals surface area contributed by atoms with Gasteiger partial charge in [0.15, 0.2) is 0 Å². The molecule has 0 spiro atoms. The molecule has 5 N–H and O–H groups in total. The highest BCUT2D eigenvalue weighted by Crippen LogP contribution is 2.48. The molecule has 320 valence electrons. The Balaban J connectivity index is 1.73. The van der Waals surface area contributed by atoms with Gasteiger partial charge in [0.2, 0.25) is 5.91 Å². The van der Waals surface area contributed by atoms with Crippen LogP contribution >= 0.6 is 0 Å². The fraction of sp³-hybridized carbons (Fsp3) is 0.689. The molecule has 4 rings (SSSR count). The van der Waals surface area contributed by atoms with Crippen molar-refractivity contribution in [3.8, 4) is 16.9 Å². The van der Waals surface area contributed by atoms with Crippen molar-refractivity contribution in [1.82, 2.24) is 20.6 Å². The van der Waals surface area contributed by atoms with Crippen LogP contribution in [0.2, 0.25) is 0 Å². The van der Waals surface area contributed by atoms with Gasteiger partial charge in [0.1, 0.15) is 17.9 Å². The second-order valence-corrected chi connectivity index (χ2v) is 18.2. The summed E-state index contributed by atoms with van der Waals surface area (Å²) in [5, 5.41) is 39.3. The van der Waals surface area contributed by atoms with Crippen LogP contribution in [0.25, 0.3) is 11.1 Å². The summed E-state index contributed by atoms with van der Waals surface area (Å²) in [6, 6.07) is 10.6. The van der Waals surface area contributed by atoms with Gasteiger partial charge in [-0.05, 0) is 93.1 Å². The van der Waals surface area contributed by atoms with Crippen LogP contribution in [0.5, 0.6) is 5.75 Å². The monoisotopic (exact) mass is 796 g/mol. The van der Waals surface area contributed by atoms with E-state index in [1.165, 1.54) is 0 Å². The zero-order valence-corrected chi connectivity index (χ0v) is 36.7. The molecule has 1 heterocycles. The molecule has 0 unspecified atom stereocenters. The summed E-state index contributed by atoms with van der Waals surface area (Å²) in [4.78, 5) is 38.8. The molecule has 0 aromatic heterocycles. The first-order chi connectivity index (χ1) is 26.8. The van der Waals surface area contributed by atoms with Crippen molar-refractivity contribution in [3.05, 3.63) is 47.5 Å². The van der Waals surface area contributed by atoms with Gasteiger partial charge >= 0.3 is 0 Å². The molecule has 12 nitrogen and oxygen atoms in total. The summed E-state index contributed by atoms with van der Waals surface area (Å²) in [5.74, 6) is 0.897. The number of carbonyl (C=O) groups is 2. The molecule has 0 radical (unpaired) electrons. The molecular weight excluding hydrogens is 723 g/mol. The SMILES string of the molecule is COc1c(CN2O[C@@H](CO)[C@@H]([C@H](C)O)[C@H]2C(=O)N[C@H]2C[C@@H](C)C(C)(C)[C@@H](C)[C@@H]2C)cccc1-c1cc(C(=O)N[C@@H](CC(C)C)CN(C)C)cc(N(C)CCCO)c1. The van der Waals surface area contributed by atoms with Gasteiger partial charge in [-0.15, -0.1) is 0 Å². The topological polar surface area (TPSA) is 147 Å². The van der Waals surface area contributed by atoms with Gasteiger partial charge in [0, 0.05) is 67.1 Å². The van der Waals surface area contributed by atoms with Crippen LogP contribution in [0.4, 0.5) is 5.69 Å². The standard InChI is InChI=1S/C45H73N5O7/c1-27(2)19-35(25-48(9)10)46-43(54)34-21-33(22-36(23-34)49(11)17-14-18-51)37-16-13-15-32(42(37)56-12)24-50-41(40(31(6)53)39(26-52)57-50)44(55)47-38-20-28(3)45(7,8)30(5)29(38)4/h13,15-16,21-23,27-31,35,38-41,51-53H,14,17-20,24-26H2,1-12H3,(H,46,54)(H,47,55)/t28-,29+,30+,31+,35+,38+,39+,40-,41+/m1/s1. The van der Waals surface area contributed by atoms with Crippen molar-refractivity contribution in [2.75, 3.05) is 59.5 Å². The van der Waals surface area contributed by atoms with Gasteiger partial charge in [-0.25, -0.2) is 0 Å². The lowest BCUT2D eigenvalue weighted by Crippen LogP contribution is -2.56. The number of nitrogens with zero attached hydrogens (tertiary/aromatic N) is 3. The molecule has 1 aliphatic heterocycles. The molecule has 1 saturated carbocycles. The Kier molecular flexibility index (Phi) is 16.4. The van der Waals surface area contributed by atoms with Crippen LogP contribution in [-0.4, -0.2) is 122 Å². The number of hydrogen-bond donors (Lipinski definition) is 5. The number of carbonyl (C=O) groups excluding carboxylic acids is 2. The fourth-order valence-corrected chi connectivity index (χ4v) is 9.07. The summed E-state index contributed by atoms with van der Waals surface area (Å²) in [6.07, 6.45) is 0.546. The summed E-state index contributed by atoms with van der Waals surface area (Å²) in [7, 11) is 7.55.